The van der Waals surface area contributed by atoms with Gasteiger partial charge in [0.05, 0.1) is 0 Å². The molecular formula is C19H32N2O2. The Hall–Kier alpha value is -0.870. The lowest BCUT2D eigenvalue weighted by molar-refractivity contribution is -0.141. The molecule has 0 N–H and O–H groups in total. The highest BCUT2D eigenvalue weighted by atomic mass is 16.5. The average Bonchev–Trinajstić information content (AvgIpc) is 2.57. The summed E-state index contributed by atoms with van der Waals surface area (Å²) in [6.45, 7) is 6.77. The number of fused-ring (bicyclic) bond motifs is 2. The van der Waals surface area contributed by atoms with Gasteiger partial charge in [0.15, 0.2) is 0 Å². The van der Waals surface area contributed by atoms with E-state index < -0.39 is 0 Å². The molecule has 0 aromatic heterocycles. The van der Waals surface area contributed by atoms with Crippen molar-refractivity contribution in [3.63, 3.8) is 0 Å². The SMILES string of the molecule is C=C(C)C(=O)OCCN1C2CCCCC2N(C)C2CCCCC21. The number of esters is 1. The van der Waals surface area contributed by atoms with Crippen molar-refractivity contribution in [2.75, 3.05) is 20.2 Å². The normalized spacial score (nSPS) is 35.2. The molecule has 0 aromatic carbocycles. The second kappa shape index (κ2) is 7.35. The molecule has 3 aliphatic rings. The Morgan fingerprint density at radius 1 is 1.00 bits per heavy atom. The van der Waals surface area contributed by atoms with Gasteiger partial charge in [-0.15, -0.1) is 0 Å². The summed E-state index contributed by atoms with van der Waals surface area (Å²) in [6, 6.07) is 2.69. The number of piperazine rings is 1. The average molecular weight is 320 g/mol. The summed E-state index contributed by atoms with van der Waals surface area (Å²) in [5, 5.41) is 0. The van der Waals surface area contributed by atoms with E-state index in [4.69, 9.17) is 4.74 Å². The number of ether oxygens (including phenoxy) is 1. The van der Waals surface area contributed by atoms with Gasteiger partial charge in [-0.2, -0.15) is 0 Å². The first-order valence-electron chi connectivity index (χ1n) is 9.40. The van der Waals surface area contributed by atoms with Crippen molar-refractivity contribution in [3.8, 4) is 0 Å². The van der Waals surface area contributed by atoms with Crippen LogP contribution in [0.1, 0.15) is 58.3 Å². The van der Waals surface area contributed by atoms with E-state index in [0.717, 1.165) is 6.54 Å². The Labute approximate surface area is 140 Å². The molecule has 0 radical (unpaired) electrons. The Morgan fingerprint density at radius 3 is 1.96 bits per heavy atom. The van der Waals surface area contributed by atoms with Crippen LogP contribution >= 0.6 is 0 Å². The van der Waals surface area contributed by atoms with E-state index in [0.29, 0.717) is 36.3 Å². The summed E-state index contributed by atoms with van der Waals surface area (Å²) in [5.41, 5.74) is 0.495. The predicted octanol–water partition coefficient (Wildman–Crippen LogP) is 2.98. The molecule has 1 saturated heterocycles. The number of rotatable bonds is 4. The van der Waals surface area contributed by atoms with Crippen molar-refractivity contribution in [1.82, 2.24) is 9.80 Å². The van der Waals surface area contributed by atoms with Crippen LogP contribution in [0.2, 0.25) is 0 Å². The van der Waals surface area contributed by atoms with E-state index in [1.807, 2.05) is 0 Å². The van der Waals surface area contributed by atoms with Crippen molar-refractivity contribution in [2.45, 2.75) is 82.5 Å². The van der Waals surface area contributed by atoms with Gasteiger partial charge in [-0.1, -0.05) is 32.3 Å². The highest BCUT2D eigenvalue weighted by Crippen LogP contribution is 2.39. The molecule has 4 atom stereocenters. The Morgan fingerprint density at radius 2 is 1.48 bits per heavy atom. The van der Waals surface area contributed by atoms with Gasteiger partial charge in [-0.25, -0.2) is 4.79 Å². The van der Waals surface area contributed by atoms with Gasteiger partial charge in [-0.3, -0.25) is 9.80 Å². The Kier molecular flexibility index (Phi) is 5.42. The van der Waals surface area contributed by atoms with E-state index in [1.165, 1.54) is 51.4 Å². The van der Waals surface area contributed by atoms with Gasteiger partial charge in [0.2, 0.25) is 0 Å². The fraction of sp³-hybridized carbons (Fsp3) is 0.842. The standard InChI is InChI=1S/C19H32N2O2/c1-14(2)19(22)23-13-12-21-17-10-6-4-8-15(17)20(3)16-9-5-7-11-18(16)21/h15-18H,1,4-13H2,2-3H3. The predicted molar refractivity (Wildman–Crippen MR) is 92.3 cm³/mol. The van der Waals surface area contributed by atoms with Crippen LogP contribution in [0.5, 0.6) is 0 Å². The monoisotopic (exact) mass is 320 g/mol. The van der Waals surface area contributed by atoms with E-state index in [-0.39, 0.29) is 5.97 Å². The third kappa shape index (κ3) is 3.48. The summed E-state index contributed by atoms with van der Waals surface area (Å²) >= 11 is 0. The molecule has 2 aliphatic carbocycles. The first kappa shape index (κ1) is 17.0. The lowest BCUT2D eigenvalue weighted by Crippen LogP contribution is -2.69. The summed E-state index contributed by atoms with van der Waals surface area (Å²) in [4.78, 5) is 17.1. The van der Waals surface area contributed by atoms with Crippen molar-refractivity contribution >= 4 is 5.97 Å². The smallest absolute Gasteiger partial charge is 0.333 e. The van der Waals surface area contributed by atoms with Crippen molar-refractivity contribution < 1.29 is 9.53 Å². The van der Waals surface area contributed by atoms with Crippen LogP contribution in [0, 0.1) is 0 Å². The number of carbonyl (C=O) groups is 1. The summed E-state index contributed by atoms with van der Waals surface area (Å²) < 4.78 is 5.40. The minimum Gasteiger partial charge on any atom is -0.461 e. The number of likely N-dealkylation sites (N-methyl/N-ethyl adjacent to an activating group) is 1. The third-order valence-corrected chi connectivity index (χ3v) is 6.22. The number of hydrogen-bond acceptors (Lipinski definition) is 4. The van der Waals surface area contributed by atoms with Crippen LogP contribution in [-0.4, -0.2) is 60.1 Å². The fourth-order valence-electron chi connectivity index (χ4n) is 5.10. The molecule has 3 rings (SSSR count). The van der Waals surface area contributed by atoms with Crippen molar-refractivity contribution in [3.05, 3.63) is 12.2 Å². The lowest BCUT2D eigenvalue weighted by atomic mass is 9.78. The molecule has 0 aromatic rings. The fourth-order valence-corrected chi connectivity index (χ4v) is 5.10. The zero-order chi connectivity index (χ0) is 16.4. The summed E-state index contributed by atoms with van der Waals surface area (Å²) in [7, 11) is 2.35. The molecule has 1 aliphatic heterocycles. The first-order valence-corrected chi connectivity index (χ1v) is 9.40. The molecule has 23 heavy (non-hydrogen) atoms. The molecule has 0 spiro atoms. The van der Waals surface area contributed by atoms with Gasteiger partial charge < -0.3 is 4.74 Å². The van der Waals surface area contributed by atoms with Crippen LogP contribution in [0.4, 0.5) is 0 Å². The Balaban J connectivity index is 1.69. The molecule has 0 amide bonds. The molecular weight excluding hydrogens is 288 g/mol. The van der Waals surface area contributed by atoms with E-state index in [2.05, 4.69) is 23.4 Å². The topological polar surface area (TPSA) is 32.8 Å². The molecule has 2 saturated carbocycles. The minimum atomic E-state index is -0.250. The van der Waals surface area contributed by atoms with Gasteiger partial charge in [0.25, 0.3) is 0 Å². The summed E-state index contributed by atoms with van der Waals surface area (Å²) in [5.74, 6) is -0.250. The van der Waals surface area contributed by atoms with E-state index in [9.17, 15) is 4.79 Å². The maximum absolute atomic E-state index is 11.7. The molecule has 3 fully saturated rings. The lowest BCUT2D eigenvalue weighted by Gasteiger charge is -2.58. The zero-order valence-electron chi connectivity index (χ0n) is 14.8. The second-order valence-electron chi connectivity index (χ2n) is 7.66. The van der Waals surface area contributed by atoms with Gasteiger partial charge in [-0.05, 0) is 39.7 Å². The third-order valence-electron chi connectivity index (χ3n) is 6.22. The van der Waals surface area contributed by atoms with E-state index in [1.54, 1.807) is 6.92 Å². The van der Waals surface area contributed by atoms with Crippen LogP contribution in [0.3, 0.4) is 0 Å². The molecule has 130 valence electrons. The molecule has 4 nitrogen and oxygen atoms in total. The molecule has 1 heterocycles. The van der Waals surface area contributed by atoms with Gasteiger partial charge in [0.1, 0.15) is 6.61 Å². The van der Waals surface area contributed by atoms with Crippen LogP contribution < -0.4 is 0 Å². The van der Waals surface area contributed by atoms with Crippen LogP contribution in [0.15, 0.2) is 12.2 Å². The van der Waals surface area contributed by atoms with Crippen molar-refractivity contribution in [1.29, 1.82) is 0 Å². The van der Waals surface area contributed by atoms with Crippen LogP contribution in [-0.2, 0) is 9.53 Å². The van der Waals surface area contributed by atoms with Gasteiger partial charge >= 0.3 is 5.97 Å². The number of carbonyl (C=O) groups excluding carboxylic acids is 1. The molecule has 4 unspecified atom stereocenters. The molecule has 4 heteroatoms. The second-order valence-corrected chi connectivity index (χ2v) is 7.66. The maximum atomic E-state index is 11.7. The summed E-state index contributed by atoms with van der Waals surface area (Å²) in [6.07, 6.45) is 10.7. The number of nitrogens with zero attached hydrogens (tertiary/aromatic N) is 2. The van der Waals surface area contributed by atoms with Crippen molar-refractivity contribution in [2.24, 2.45) is 0 Å². The zero-order valence-corrected chi connectivity index (χ0v) is 14.8. The highest BCUT2D eigenvalue weighted by Gasteiger charge is 2.46. The highest BCUT2D eigenvalue weighted by molar-refractivity contribution is 5.86. The largest absolute Gasteiger partial charge is 0.461 e. The van der Waals surface area contributed by atoms with Crippen LogP contribution in [0.25, 0.3) is 0 Å². The quantitative estimate of drug-likeness (QED) is 0.589. The Bertz CT molecular complexity index is 427. The minimum absolute atomic E-state index is 0.250. The molecule has 0 bridgehead atoms. The first-order chi connectivity index (χ1) is 11.1. The van der Waals surface area contributed by atoms with E-state index >= 15 is 0 Å². The van der Waals surface area contributed by atoms with Gasteiger partial charge in [0, 0.05) is 36.3 Å². The number of hydrogen-bond donors (Lipinski definition) is 0. The maximum Gasteiger partial charge on any atom is 0.333 e.